The lowest BCUT2D eigenvalue weighted by molar-refractivity contribution is 0.0947. The molecule has 36 heavy (non-hydrogen) atoms. The van der Waals surface area contributed by atoms with E-state index in [4.69, 9.17) is 14.2 Å². The number of rotatable bonds is 12. The Kier molecular flexibility index (Phi) is 9.19. The predicted molar refractivity (Wildman–Crippen MR) is 140 cm³/mol. The summed E-state index contributed by atoms with van der Waals surface area (Å²) in [5.74, 6) is 1.24. The first-order valence-electron chi connectivity index (χ1n) is 11.6. The highest BCUT2D eigenvalue weighted by molar-refractivity contribution is 7.92. The van der Waals surface area contributed by atoms with E-state index in [0.717, 1.165) is 22.9 Å². The molecule has 0 spiro atoms. The summed E-state index contributed by atoms with van der Waals surface area (Å²) in [5.41, 5.74) is 2.10. The normalized spacial score (nSPS) is 11.0. The van der Waals surface area contributed by atoms with Crippen molar-refractivity contribution < 1.29 is 27.4 Å². The maximum absolute atomic E-state index is 13.1. The second-order valence-corrected chi connectivity index (χ2v) is 10.0. The number of hydrogen-bond acceptors (Lipinski definition) is 6. The zero-order valence-electron chi connectivity index (χ0n) is 21.0. The highest BCUT2D eigenvalue weighted by atomic mass is 32.2. The van der Waals surface area contributed by atoms with Crippen molar-refractivity contribution in [1.29, 1.82) is 0 Å². The second kappa shape index (κ2) is 12.3. The summed E-state index contributed by atoms with van der Waals surface area (Å²) in [5, 5.41) is 2.81. The molecular weight excluding hydrogens is 480 g/mol. The van der Waals surface area contributed by atoms with Gasteiger partial charge in [0.2, 0.25) is 0 Å². The summed E-state index contributed by atoms with van der Waals surface area (Å²) < 4.78 is 43.4. The van der Waals surface area contributed by atoms with Crippen LogP contribution in [0.2, 0.25) is 0 Å². The van der Waals surface area contributed by atoms with Gasteiger partial charge in [0.15, 0.2) is 11.5 Å². The molecule has 0 saturated heterocycles. The van der Waals surface area contributed by atoms with E-state index >= 15 is 0 Å². The van der Waals surface area contributed by atoms with Crippen LogP contribution in [0.5, 0.6) is 17.2 Å². The Bertz CT molecular complexity index is 1260. The smallest absolute Gasteiger partial charge is 0.264 e. The monoisotopic (exact) mass is 512 g/mol. The number of anilines is 1. The van der Waals surface area contributed by atoms with Crippen molar-refractivity contribution in [2.45, 2.75) is 24.7 Å². The summed E-state index contributed by atoms with van der Waals surface area (Å²) in [6.45, 7) is 2.81. The number of nitrogens with one attached hydrogen (secondary N) is 1. The van der Waals surface area contributed by atoms with Gasteiger partial charge in [-0.05, 0) is 60.5 Å². The van der Waals surface area contributed by atoms with Gasteiger partial charge >= 0.3 is 0 Å². The number of nitrogens with zero attached hydrogens (tertiary/aromatic N) is 1. The molecule has 0 bridgehead atoms. The number of amides is 1. The summed E-state index contributed by atoms with van der Waals surface area (Å²) in [4.78, 5) is 12.5. The van der Waals surface area contributed by atoms with E-state index in [1.54, 1.807) is 24.3 Å². The molecule has 0 radical (unpaired) electrons. The van der Waals surface area contributed by atoms with Gasteiger partial charge in [-0.25, -0.2) is 8.42 Å². The molecule has 9 heteroatoms. The number of methoxy groups -OCH3 is 2. The van der Waals surface area contributed by atoms with Crippen LogP contribution in [0.4, 0.5) is 5.69 Å². The van der Waals surface area contributed by atoms with Crippen molar-refractivity contribution in [3.8, 4) is 17.2 Å². The van der Waals surface area contributed by atoms with Gasteiger partial charge in [-0.15, -0.1) is 0 Å². The van der Waals surface area contributed by atoms with E-state index in [1.807, 2.05) is 24.3 Å². The van der Waals surface area contributed by atoms with E-state index in [1.165, 1.54) is 45.0 Å². The molecular formula is C27H32N2O6S. The number of benzene rings is 3. The molecule has 0 aliphatic heterocycles. The topological polar surface area (TPSA) is 94.2 Å². The average molecular weight is 513 g/mol. The fourth-order valence-electron chi connectivity index (χ4n) is 3.57. The second-order valence-electron chi connectivity index (χ2n) is 8.03. The van der Waals surface area contributed by atoms with Crippen molar-refractivity contribution >= 4 is 21.6 Å². The predicted octanol–water partition coefficient (Wildman–Crippen LogP) is 4.29. The third-order valence-electron chi connectivity index (χ3n) is 5.62. The molecule has 0 fully saturated rings. The van der Waals surface area contributed by atoms with Gasteiger partial charge in [0.05, 0.1) is 31.3 Å². The van der Waals surface area contributed by atoms with Gasteiger partial charge in [-0.2, -0.15) is 0 Å². The highest BCUT2D eigenvalue weighted by Crippen LogP contribution is 2.31. The van der Waals surface area contributed by atoms with E-state index in [9.17, 15) is 13.2 Å². The first-order valence-corrected chi connectivity index (χ1v) is 13.0. The molecule has 1 N–H and O–H groups in total. The molecule has 192 valence electrons. The van der Waals surface area contributed by atoms with Crippen LogP contribution >= 0.6 is 0 Å². The van der Waals surface area contributed by atoms with Crippen LogP contribution in [0.15, 0.2) is 71.6 Å². The number of ether oxygens (including phenoxy) is 3. The van der Waals surface area contributed by atoms with Crippen molar-refractivity contribution in [1.82, 2.24) is 5.32 Å². The van der Waals surface area contributed by atoms with E-state index < -0.39 is 10.0 Å². The van der Waals surface area contributed by atoms with Gasteiger partial charge in [0.1, 0.15) is 12.4 Å². The number of hydrogen-bond donors (Lipinski definition) is 1. The van der Waals surface area contributed by atoms with E-state index in [2.05, 4.69) is 12.2 Å². The summed E-state index contributed by atoms with van der Waals surface area (Å²) in [6.07, 6.45) is 2.13. The fourth-order valence-corrected chi connectivity index (χ4v) is 4.78. The van der Waals surface area contributed by atoms with Crippen LogP contribution in [0, 0.1) is 0 Å². The van der Waals surface area contributed by atoms with Gasteiger partial charge in [-0.3, -0.25) is 9.10 Å². The molecule has 0 unspecified atom stereocenters. The largest absolute Gasteiger partial charge is 0.493 e. The lowest BCUT2D eigenvalue weighted by Gasteiger charge is -2.20. The number of carbonyl (C=O) groups excluding carboxylic acids is 1. The summed E-state index contributed by atoms with van der Waals surface area (Å²) in [7, 11) is 0.524. The third kappa shape index (κ3) is 6.48. The van der Waals surface area contributed by atoms with Crippen molar-refractivity contribution in [2.24, 2.45) is 0 Å². The van der Waals surface area contributed by atoms with Crippen LogP contribution in [0.25, 0.3) is 0 Å². The van der Waals surface area contributed by atoms with Crippen LogP contribution < -0.4 is 23.8 Å². The Hall–Kier alpha value is -3.72. The molecule has 3 aromatic rings. The van der Waals surface area contributed by atoms with Crippen LogP contribution in [-0.4, -0.2) is 48.7 Å². The first-order chi connectivity index (χ1) is 17.3. The maximum Gasteiger partial charge on any atom is 0.264 e. The van der Waals surface area contributed by atoms with E-state index in [-0.39, 0.29) is 10.8 Å². The Balaban J connectivity index is 1.57. The van der Waals surface area contributed by atoms with Gasteiger partial charge in [0, 0.05) is 18.7 Å². The van der Waals surface area contributed by atoms with Crippen LogP contribution in [0.3, 0.4) is 0 Å². The Morgan fingerprint density at radius 2 is 1.58 bits per heavy atom. The maximum atomic E-state index is 13.1. The standard InChI is InChI=1S/C27H32N2O6S/c1-5-6-20-7-13-23(14-8-20)35-18-17-28-27(30)21-9-11-22(12-10-21)29(2)36(31,32)24-15-16-25(33-3)26(19-24)34-4/h7-16,19H,5-6,17-18H2,1-4H3,(H,28,30). The lowest BCUT2D eigenvalue weighted by atomic mass is 10.1. The van der Waals surface area contributed by atoms with E-state index in [0.29, 0.717) is 35.9 Å². The summed E-state index contributed by atoms with van der Waals surface area (Å²) in [6, 6.07) is 18.7. The minimum atomic E-state index is -3.85. The number of aryl methyl sites for hydroxylation is 1. The quantitative estimate of drug-likeness (QED) is 0.364. The highest BCUT2D eigenvalue weighted by Gasteiger charge is 2.23. The SMILES string of the molecule is CCCc1ccc(OCCNC(=O)c2ccc(N(C)S(=O)(=O)c3ccc(OC)c(OC)c3)cc2)cc1. The van der Waals surface area contributed by atoms with Gasteiger partial charge in [-0.1, -0.05) is 25.5 Å². The van der Waals surface area contributed by atoms with Gasteiger partial charge in [0.25, 0.3) is 15.9 Å². The molecule has 1 amide bonds. The van der Waals surface area contributed by atoms with Crippen LogP contribution in [-0.2, 0) is 16.4 Å². The molecule has 3 rings (SSSR count). The molecule has 0 heterocycles. The van der Waals surface area contributed by atoms with Gasteiger partial charge < -0.3 is 19.5 Å². The van der Waals surface area contributed by atoms with Crippen molar-refractivity contribution in [3.63, 3.8) is 0 Å². The van der Waals surface area contributed by atoms with Crippen molar-refractivity contribution in [2.75, 3.05) is 38.7 Å². The lowest BCUT2D eigenvalue weighted by Crippen LogP contribution is -2.28. The zero-order chi connectivity index (χ0) is 26.1. The summed E-state index contributed by atoms with van der Waals surface area (Å²) >= 11 is 0. The number of sulfonamides is 1. The minimum absolute atomic E-state index is 0.0597. The zero-order valence-corrected chi connectivity index (χ0v) is 21.8. The molecule has 0 atom stereocenters. The Morgan fingerprint density at radius 3 is 2.19 bits per heavy atom. The molecule has 3 aromatic carbocycles. The van der Waals surface area contributed by atoms with Crippen molar-refractivity contribution in [3.05, 3.63) is 77.9 Å². The Morgan fingerprint density at radius 1 is 0.917 bits per heavy atom. The minimum Gasteiger partial charge on any atom is -0.493 e. The number of carbonyl (C=O) groups is 1. The Labute approximate surface area is 212 Å². The molecule has 8 nitrogen and oxygen atoms in total. The average Bonchev–Trinajstić information content (AvgIpc) is 2.91. The molecule has 0 aliphatic carbocycles. The van der Waals surface area contributed by atoms with Crippen LogP contribution in [0.1, 0.15) is 29.3 Å². The fraction of sp³-hybridized carbons (Fsp3) is 0.296. The molecule has 0 saturated carbocycles. The first kappa shape index (κ1) is 26.9. The molecule has 0 aromatic heterocycles. The molecule has 0 aliphatic rings. The third-order valence-corrected chi connectivity index (χ3v) is 7.41.